The largest absolute Gasteiger partial charge is 0.454 e. The predicted octanol–water partition coefficient (Wildman–Crippen LogP) is 3.82. The Labute approximate surface area is 125 Å². The van der Waals surface area contributed by atoms with Gasteiger partial charge in [-0.05, 0) is 29.7 Å². The third kappa shape index (κ3) is 3.26. The summed E-state index contributed by atoms with van der Waals surface area (Å²) < 4.78 is 10.8. The second-order valence-electron chi connectivity index (χ2n) is 5.06. The van der Waals surface area contributed by atoms with Crippen LogP contribution < -0.4 is 14.8 Å². The van der Waals surface area contributed by atoms with Gasteiger partial charge >= 0.3 is 0 Å². The van der Waals surface area contributed by atoms with Crippen molar-refractivity contribution in [1.29, 1.82) is 0 Å². The molecule has 2 aromatic carbocycles. The van der Waals surface area contributed by atoms with Gasteiger partial charge in [-0.1, -0.05) is 42.5 Å². The van der Waals surface area contributed by atoms with Gasteiger partial charge in [0, 0.05) is 12.6 Å². The van der Waals surface area contributed by atoms with Crippen LogP contribution in [0.1, 0.15) is 23.6 Å². The minimum atomic E-state index is 0.220. The summed E-state index contributed by atoms with van der Waals surface area (Å²) in [5.74, 6) is 1.64. The van der Waals surface area contributed by atoms with E-state index in [2.05, 4.69) is 48.3 Å². The SMILES string of the molecule is C=CC[C@H](NCc1ccccc1)c1ccc2c(c1)OCO2. The monoisotopic (exact) mass is 281 g/mol. The van der Waals surface area contributed by atoms with Gasteiger partial charge in [-0.3, -0.25) is 0 Å². The van der Waals surface area contributed by atoms with Crippen molar-refractivity contribution in [2.75, 3.05) is 6.79 Å². The molecule has 0 saturated carbocycles. The minimum absolute atomic E-state index is 0.220. The van der Waals surface area contributed by atoms with Crippen LogP contribution in [0.5, 0.6) is 11.5 Å². The maximum absolute atomic E-state index is 5.45. The van der Waals surface area contributed by atoms with Crippen LogP contribution in [0, 0.1) is 0 Å². The standard InChI is InChI=1S/C18H19NO2/c1-2-6-16(19-12-14-7-4-3-5-8-14)15-9-10-17-18(11-15)21-13-20-17/h2-5,7-11,16,19H,1,6,12-13H2/t16-/m0/s1. The van der Waals surface area contributed by atoms with Crippen molar-refractivity contribution in [3.8, 4) is 11.5 Å². The molecule has 0 unspecified atom stereocenters. The average Bonchev–Trinajstić information content (AvgIpc) is 3.00. The molecule has 0 amide bonds. The lowest BCUT2D eigenvalue weighted by Crippen LogP contribution is -2.20. The van der Waals surface area contributed by atoms with Gasteiger partial charge in [-0.15, -0.1) is 6.58 Å². The van der Waals surface area contributed by atoms with Crippen LogP contribution in [0.25, 0.3) is 0 Å². The van der Waals surface area contributed by atoms with Gasteiger partial charge in [-0.25, -0.2) is 0 Å². The summed E-state index contributed by atoms with van der Waals surface area (Å²) in [7, 11) is 0. The van der Waals surface area contributed by atoms with Gasteiger partial charge in [0.15, 0.2) is 11.5 Å². The molecule has 0 spiro atoms. The quantitative estimate of drug-likeness (QED) is 0.816. The van der Waals surface area contributed by atoms with E-state index in [1.54, 1.807) is 0 Å². The molecule has 0 fully saturated rings. The molecule has 0 bridgehead atoms. The van der Waals surface area contributed by atoms with E-state index >= 15 is 0 Å². The Hall–Kier alpha value is -2.26. The summed E-state index contributed by atoms with van der Waals surface area (Å²) in [6.45, 7) is 4.99. The molecule has 1 aliphatic rings. The smallest absolute Gasteiger partial charge is 0.231 e. The summed E-state index contributed by atoms with van der Waals surface area (Å²) in [5, 5.41) is 3.58. The Morgan fingerprint density at radius 1 is 1.10 bits per heavy atom. The molecule has 0 saturated heterocycles. The number of hydrogen-bond acceptors (Lipinski definition) is 3. The molecule has 3 heteroatoms. The van der Waals surface area contributed by atoms with Crippen LogP contribution in [0.2, 0.25) is 0 Å². The Balaban J connectivity index is 1.73. The maximum Gasteiger partial charge on any atom is 0.231 e. The molecule has 0 aromatic heterocycles. The second kappa shape index (κ2) is 6.46. The van der Waals surface area contributed by atoms with Gasteiger partial charge < -0.3 is 14.8 Å². The third-order valence-electron chi connectivity index (χ3n) is 3.60. The molecule has 0 radical (unpaired) electrons. The number of hydrogen-bond donors (Lipinski definition) is 1. The van der Waals surface area contributed by atoms with Gasteiger partial charge in [0.2, 0.25) is 6.79 Å². The van der Waals surface area contributed by atoms with Crippen LogP contribution >= 0.6 is 0 Å². The van der Waals surface area contributed by atoms with Crippen LogP contribution in [0.3, 0.4) is 0 Å². The van der Waals surface area contributed by atoms with Crippen LogP contribution in [-0.2, 0) is 6.54 Å². The number of nitrogens with one attached hydrogen (secondary N) is 1. The summed E-state index contributed by atoms with van der Waals surface area (Å²) in [5.41, 5.74) is 2.46. The van der Waals surface area contributed by atoms with Crippen LogP contribution in [0.15, 0.2) is 61.2 Å². The molecular weight excluding hydrogens is 262 g/mol. The lowest BCUT2D eigenvalue weighted by molar-refractivity contribution is 0.174. The Morgan fingerprint density at radius 3 is 2.71 bits per heavy atom. The molecule has 1 heterocycles. The van der Waals surface area contributed by atoms with Crippen molar-refractivity contribution in [3.05, 3.63) is 72.3 Å². The van der Waals surface area contributed by atoms with Crippen LogP contribution in [0.4, 0.5) is 0 Å². The van der Waals surface area contributed by atoms with E-state index in [4.69, 9.17) is 9.47 Å². The van der Waals surface area contributed by atoms with Crippen molar-refractivity contribution in [2.45, 2.75) is 19.0 Å². The fourth-order valence-corrected chi connectivity index (χ4v) is 2.47. The fourth-order valence-electron chi connectivity index (χ4n) is 2.47. The van der Waals surface area contributed by atoms with Crippen molar-refractivity contribution < 1.29 is 9.47 Å². The minimum Gasteiger partial charge on any atom is -0.454 e. The fraction of sp³-hybridized carbons (Fsp3) is 0.222. The summed E-state index contributed by atoms with van der Waals surface area (Å²) in [6, 6.07) is 16.7. The zero-order chi connectivity index (χ0) is 14.5. The van der Waals surface area contributed by atoms with E-state index < -0.39 is 0 Å². The molecule has 3 rings (SSSR count). The number of ether oxygens (including phenoxy) is 2. The Bertz CT molecular complexity index is 610. The topological polar surface area (TPSA) is 30.5 Å². The zero-order valence-electron chi connectivity index (χ0n) is 11.9. The number of rotatable bonds is 6. The van der Waals surface area contributed by atoms with Gasteiger partial charge in [0.25, 0.3) is 0 Å². The van der Waals surface area contributed by atoms with Crippen molar-refractivity contribution in [2.24, 2.45) is 0 Å². The highest BCUT2D eigenvalue weighted by molar-refractivity contribution is 5.45. The summed E-state index contributed by atoms with van der Waals surface area (Å²) >= 11 is 0. The molecular formula is C18H19NO2. The maximum atomic E-state index is 5.45. The van der Waals surface area contributed by atoms with E-state index in [9.17, 15) is 0 Å². The van der Waals surface area contributed by atoms with Gasteiger partial charge in [-0.2, -0.15) is 0 Å². The summed E-state index contributed by atoms with van der Waals surface area (Å²) in [6.07, 6.45) is 2.81. The Kier molecular flexibility index (Phi) is 4.22. The Morgan fingerprint density at radius 2 is 1.90 bits per heavy atom. The molecule has 3 nitrogen and oxygen atoms in total. The molecule has 0 aliphatic carbocycles. The molecule has 108 valence electrons. The highest BCUT2D eigenvalue weighted by atomic mass is 16.7. The van der Waals surface area contributed by atoms with Crippen LogP contribution in [-0.4, -0.2) is 6.79 Å². The normalized spacial score (nSPS) is 13.9. The van der Waals surface area contributed by atoms with Gasteiger partial charge in [0.05, 0.1) is 0 Å². The van der Waals surface area contributed by atoms with E-state index in [1.807, 2.05) is 18.2 Å². The second-order valence-corrected chi connectivity index (χ2v) is 5.06. The average molecular weight is 281 g/mol. The molecule has 1 N–H and O–H groups in total. The highest BCUT2D eigenvalue weighted by Crippen LogP contribution is 2.34. The molecule has 2 aromatic rings. The first kappa shape index (κ1) is 13.7. The lowest BCUT2D eigenvalue weighted by atomic mass is 10.0. The van der Waals surface area contributed by atoms with Crippen molar-refractivity contribution >= 4 is 0 Å². The van der Waals surface area contributed by atoms with Crippen molar-refractivity contribution in [1.82, 2.24) is 5.32 Å². The third-order valence-corrected chi connectivity index (χ3v) is 3.60. The molecule has 1 aliphatic heterocycles. The molecule has 21 heavy (non-hydrogen) atoms. The first-order valence-corrected chi connectivity index (χ1v) is 7.14. The lowest BCUT2D eigenvalue weighted by Gasteiger charge is -2.18. The number of benzene rings is 2. The van der Waals surface area contributed by atoms with Gasteiger partial charge in [0.1, 0.15) is 0 Å². The van der Waals surface area contributed by atoms with E-state index in [1.165, 1.54) is 11.1 Å². The predicted molar refractivity (Wildman–Crippen MR) is 83.4 cm³/mol. The number of fused-ring (bicyclic) bond motifs is 1. The zero-order valence-corrected chi connectivity index (χ0v) is 11.9. The van der Waals surface area contributed by atoms with E-state index in [0.29, 0.717) is 6.79 Å². The van der Waals surface area contributed by atoms with E-state index in [-0.39, 0.29) is 6.04 Å². The van der Waals surface area contributed by atoms with Crippen molar-refractivity contribution in [3.63, 3.8) is 0 Å². The van der Waals surface area contributed by atoms with E-state index in [0.717, 1.165) is 24.5 Å². The molecule has 1 atom stereocenters. The first-order valence-electron chi connectivity index (χ1n) is 7.14. The highest BCUT2D eigenvalue weighted by Gasteiger charge is 2.17. The summed E-state index contributed by atoms with van der Waals surface area (Å²) in [4.78, 5) is 0. The first-order chi connectivity index (χ1) is 10.4.